The van der Waals surface area contributed by atoms with Gasteiger partial charge in [0, 0.05) is 12.2 Å². The number of amides is 2. The molecule has 0 bridgehead atoms. The van der Waals surface area contributed by atoms with Crippen molar-refractivity contribution in [3.8, 4) is 17.6 Å². The molecular weight excluding hydrogens is 346 g/mol. The van der Waals surface area contributed by atoms with Crippen LogP contribution in [-0.2, 0) is 9.59 Å². The second-order valence-electron chi connectivity index (χ2n) is 5.61. The minimum absolute atomic E-state index is 0.0713. The Kier molecular flexibility index (Phi) is 7.20. The lowest BCUT2D eigenvalue weighted by Gasteiger charge is -2.20. The zero-order chi connectivity index (χ0) is 19.6. The molecule has 0 unspecified atom stereocenters. The Morgan fingerprint density at radius 3 is 2.26 bits per heavy atom. The first kappa shape index (κ1) is 19.8. The van der Waals surface area contributed by atoms with Gasteiger partial charge in [-0.1, -0.05) is 0 Å². The van der Waals surface area contributed by atoms with E-state index in [2.05, 4.69) is 5.32 Å². The summed E-state index contributed by atoms with van der Waals surface area (Å²) in [6, 6.07) is 15.4. The van der Waals surface area contributed by atoms with Crippen LogP contribution >= 0.6 is 0 Å². The predicted molar refractivity (Wildman–Crippen MR) is 101 cm³/mol. The van der Waals surface area contributed by atoms with Crippen molar-refractivity contribution in [1.82, 2.24) is 4.90 Å². The molecule has 0 heterocycles. The highest BCUT2D eigenvalue weighted by Crippen LogP contribution is 2.15. The Hall–Kier alpha value is -3.53. The molecule has 7 heteroatoms. The molecule has 0 saturated carbocycles. The van der Waals surface area contributed by atoms with Crippen LogP contribution in [0.2, 0.25) is 0 Å². The molecule has 0 spiro atoms. The van der Waals surface area contributed by atoms with Crippen LogP contribution in [0.15, 0.2) is 48.5 Å². The fourth-order valence-corrected chi connectivity index (χ4v) is 2.29. The highest BCUT2D eigenvalue weighted by Gasteiger charge is 2.16. The normalized spacial score (nSPS) is 9.81. The third-order valence-corrected chi connectivity index (χ3v) is 3.79. The number of benzene rings is 2. The number of nitrogens with zero attached hydrogens (tertiary/aromatic N) is 2. The molecular formula is C20H21N3O4. The minimum atomic E-state index is -0.299. The number of methoxy groups -OCH3 is 1. The number of hydrogen-bond acceptors (Lipinski definition) is 5. The summed E-state index contributed by atoms with van der Waals surface area (Å²) in [4.78, 5) is 25.9. The van der Waals surface area contributed by atoms with Crippen LogP contribution in [0.4, 0.5) is 5.69 Å². The Bertz CT molecular complexity index is 811. The molecule has 0 atom stereocenters. The van der Waals surface area contributed by atoms with E-state index in [0.29, 0.717) is 29.3 Å². The summed E-state index contributed by atoms with van der Waals surface area (Å²) in [6.45, 7) is 1.92. The molecule has 140 valence electrons. The monoisotopic (exact) mass is 367 g/mol. The fourth-order valence-electron chi connectivity index (χ4n) is 2.29. The van der Waals surface area contributed by atoms with Crippen LogP contribution in [0, 0.1) is 11.3 Å². The molecule has 2 rings (SSSR count). The molecule has 2 aromatic carbocycles. The zero-order valence-electron chi connectivity index (χ0n) is 15.3. The van der Waals surface area contributed by atoms with Gasteiger partial charge >= 0.3 is 0 Å². The van der Waals surface area contributed by atoms with Crippen LogP contribution in [0.5, 0.6) is 11.5 Å². The lowest BCUT2D eigenvalue weighted by molar-refractivity contribution is -0.136. The predicted octanol–water partition coefficient (Wildman–Crippen LogP) is 2.43. The number of rotatable bonds is 8. The summed E-state index contributed by atoms with van der Waals surface area (Å²) < 4.78 is 10.5. The molecule has 0 aliphatic heterocycles. The van der Waals surface area contributed by atoms with Crippen LogP contribution in [0.3, 0.4) is 0 Å². The molecule has 0 saturated heterocycles. The van der Waals surface area contributed by atoms with Gasteiger partial charge in [0.2, 0.25) is 5.91 Å². The van der Waals surface area contributed by atoms with E-state index < -0.39 is 0 Å². The number of carbonyl (C=O) groups is 2. The summed E-state index contributed by atoms with van der Waals surface area (Å²) in [6.07, 6.45) is 0. The molecule has 1 N–H and O–H groups in total. The Morgan fingerprint density at radius 2 is 1.70 bits per heavy atom. The van der Waals surface area contributed by atoms with E-state index >= 15 is 0 Å². The summed E-state index contributed by atoms with van der Waals surface area (Å²) in [5.74, 6) is 0.583. The summed E-state index contributed by atoms with van der Waals surface area (Å²) in [5.41, 5.74) is 1.14. The van der Waals surface area contributed by atoms with E-state index in [1.807, 2.05) is 6.07 Å². The van der Waals surface area contributed by atoms with Gasteiger partial charge in [-0.05, 0) is 55.5 Å². The fraction of sp³-hybridized carbons (Fsp3) is 0.250. The first-order valence-electron chi connectivity index (χ1n) is 8.40. The number of carbonyl (C=O) groups excluding carboxylic acids is 2. The van der Waals surface area contributed by atoms with Gasteiger partial charge in [-0.3, -0.25) is 9.59 Å². The largest absolute Gasteiger partial charge is 0.497 e. The lowest BCUT2D eigenvalue weighted by Crippen LogP contribution is -2.40. The molecule has 2 aromatic rings. The Morgan fingerprint density at radius 1 is 1.07 bits per heavy atom. The van der Waals surface area contributed by atoms with Crippen LogP contribution in [0.25, 0.3) is 0 Å². The van der Waals surface area contributed by atoms with E-state index in [4.69, 9.17) is 14.7 Å². The number of ether oxygens (including phenoxy) is 2. The topological polar surface area (TPSA) is 91.7 Å². The van der Waals surface area contributed by atoms with E-state index in [0.717, 1.165) is 0 Å². The van der Waals surface area contributed by atoms with Crippen LogP contribution in [0.1, 0.15) is 12.5 Å². The SMILES string of the molecule is CCN(CC(=O)Nc1ccc(OC)cc1)C(=O)COc1ccc(C#N)cc1. The smallest absolute Gasteiger partial charge is 0.260 e. The molecule has 0 aliphatic carbocycles. The van der Waals surface area contributed by atoms with E-state index in [-0.39, 0.29) is 25.0 Å². The standard InChI is InChI=1S/C20H21N3O4/c1-3-23(13-19(24)22-16-6-10-17(26-2)11-7-16)20(25)14-27-18-8-4-15(12-21)5-9-18/h4-11H,3,13-14H2,1-2H3,(H,22,24). The molecule has 0 fully saturated rings. The lowest BCUT2D eigenvalue weighted by atomic mass is 10.2. The average Bonchev–Trinajstić information content (AvgIpc) is 2.71. The van der Waals surface area contributed by atoms with Gasteiger partial charge < -0.3 is 19.7 Å². The maximum atomic E-state index is 12.3. The molecule has 0 aromatic heterocycles. The number of likely N-dealkylation sites (N-methyl/N-ethyl adjacent to an activating group) is 1. The molecule has 0 radical (unpaired) electrons. The number of anilines is 1. The van der Waals surface area contributed by atoms with E-state index in [1.165, 1.54) is 4.90 Å². The van der Waals surface area contributed by atoms with Gasteiger partial charge in [-0.25, -0.2) is 0 Å². The zero-order valence-corrected chi connectivity index (χ0v) is 15.3. The van der Waals surface area contributed by atoms with Crippen molar-refractivity contribution >= 4 is 17.5 Å². The summed E-state index contributed by atoms with van der Waals surface area (Å²) in [7, 11) is 1.57. The van der Waals surface area contributed by atoms with Crippen molar-refractivity contribution in [3.05, 3.63) is 54.1 Å². The quantitative estimate of drug-likeness (QED) is 0.774. The Balaban J connectivity index is 1.85. The third kappa shape index (κ3) is 6.04. The first-order valence-corrected chi connectivity index (χ1v) is 8.40. The number of hydrogen-bond donors (Lipinski definition) is 1. The van der Waals surface area contributed by atoms with Crippen LogP contribution < -0.4 is 14.8 Å². The van der Waals surface area contributed by atoms with Crippen LogP contribution in [-0.4, -0.2) is 43.5 Å². The van der Waals surface area contributed by atoms with Gasteiger partial charge in [-0.15, -0.1) is 0 Å². The van der Waals surface area contributed by atoms with Gasteiger partial charge in [-0.2, -0.15) is 5.26 Å². The molecule has 0 aliphatic rings. The van der Waals surface area contributed by atoms with Gasteiger partial charge in [0.25, 0.3) is 5.91 Å². The van der Waals surface area contributed by atoms with Gasteiger partial charge in [0.05, 0.1) is 25.3 Å². The molecule has 27 heavy (non-hydrogen) atoms. The Labute approximate surface area is 158 Å². The highest BCUT2D eigenvalue weighted by atomic mass is 16.5. The van der Waals surface area contributed by atoms with Gasteiger partial charge in [0.1, 0.15) is 11.5 Å². The highest BCUT2D eigenvalue weighted by molar-refractivity contribution is 5.94. The molecule has 7 nitrogen and oxygen atoms in total. The molecule has 2 amide bonds. The van der Waals surface area contributed by atoms with Crippen molar-refractivity contribution in [2.24, 2.45) is 0 Å². The van der Waals surface area contributed by atoms with E-state index in [1.54, 1.807) is 62.6 Å². The van der Waals surface area contributed by atoms with Crippen molar-refractivity contribution in [3.63, 3.8) is 0 Å². The van der Waals surface area contributed by atoms with Crippen molar-refractivity contribution in [2.45, 2.75) is 6.92 Å². The number of nitrogens with one attached hydrogen (secondary N) is 1. The summed E-state index contributed by atoms with van der Waals surface area (Å²) in [5, 5.41) is 11.5. The van der Waals surface area contributed by atoms with E-state index in [9.17, 15) is 9.59 Å². The average molecular weight is 367 g/mol. The minimum Gasteiger partial charge on any atom is -0.497 e. The van der Waals surface area contributed by atoms with Crippen molar-refractivity contribution in [1.29, 1.82) is 5.26 Å². The second kappa shape index (κ2) is 9.82. The third-order valence-electron chi connectivity index (χ3n) is 3.79. The second-order valence-corrected chi connectivity index (χ2v) is 5.61. The maximum Gasteiger partial charge on any atom is 0.260 e. The first-order chi connectivity index (χ1) is 13.0. The summed E-state index contributed by atoms with van der Waals surface area (Å²) >= 11 is 0. The number of nitriles is 1. The van der Waals surface area contributed by atoms with Crippen molar-refractivity contribution < 1.29 is 19.1 Å². The van der Waals surface area contributed by atoms with Gasteiger partial charge in [0.15, 0.2) is 6.61 Å². The van der Waals surface area contributed by atoms with Crippen molar-refractivity contribution in [2.75, 3.05) is 32.1 Å². The maximum absolute atomic E-state index is 12.3.